The van der Waals surface area contributed by atoms with Crippen LogP contribution in [0.5, 0.6) is 5.75 Å². The number of para-hydroxylation sites is 1. The first-order valence-corrected chi connectivity index (χ1v) is 22.1. The van der Waals surface area contributed by atoms with Gasteiger partial charge in [0.05, 0.1) is 33.5 Å². The molecule has 1 N–H and O–H groups in total. The summed E-state index contributed by atoms with van der Waals surface area (Å²) < 4.78 is 38.2. The molecule has 0 radical (unpaired) electrons. The number of phenolic OH excluding ortho intramolecular Hbond substituents is 1. The summed E-state index contributed by atoms with van der Waals surface area (Å²) >= 11 is 0. The van der Waals surface area contributed by atoms with Gasteiger partial charge in [0, 0.05) is 22.9 Å². The molecular weight excluding hydrogens is 767 g/mol. The summed E-state index contributed by atoms with van der Waals surface area (Å²) in [5, 5.41) is 12.1. The van der Waals surface area contributed by atoms with E-state index in [9.17, 15) is 5.11 Å². The van der Waals surface area contributed by atoms with Gasteiger partial charge in [-0.15, -0.1) is 0 Å². The van der Waals surface area contributed by atoms with Crippen molar-refractivity contribution in [2.75, 3.05) is 0 Å². The largest absolute Gasteiger partial charge is 0.507 e. The highest BCUT2D eigenvalue weighted by Crippen LogP contribution is 2.44. The molecule has 6 aromatic carbocycles. The lowest BCUT2D eigenvalue weighted by Crippen LogP contribution is -2.13. The normalized spacial score (nSPS) is 13.5. The number of nitrogens with zero attached hydrogens (tertiary/aromatic N) is 3. The average molecular weight is 834 g/mol. The molecule has 2 heterocycles. The summed E-state index contributed by atoms with van der Waals surface area (Å²) in [6.45, 7) is 27.5. The van der Waals surface area contributed by atoms with Crippen molar-refractivity contribution in [3.63, 3.8) is 0 Å². The molecule has 0 aliphatic heterocycles. The van der Waals surface area contributed by atoms with Crippen LogP contribution in [0.1, 0.15) is 116 Å². The van der Waals surface area contributed by atoms with Gasteiger partial charge in [-0.1, -0.05) is 168 Å². The van der Waals surface area contributed by atoms with Crippen LogP contribution in [-0.2, 0) is 21.7 Å². The van der Waals surface area contributed by atoms with Crippen LogP contribution >= 0.6 is 0 Å². The van der Waals surface area contributed by atoms with Crippen LogP contribution in [0.2, 0.25) is 0 Å². The summed E-state index contributed by atoms with van der Waals surface area (Å²) in [6, 6.07) is 37.6. The van der Waals surface area contributed by atoms with Crippen molar-refractivity contribution in [2.24, 2.45) is 0 Å². The second kappa shape index (κ2) is 15.8. The fourth-order valence-electron chi connectivity index (χ4n) is 8.13. The van der Waals surface area contributed by atoms with Gasteiger partial charge >= 0.3 is 0 Å². The van der Waals surface area contributed by atoms with Gasteiger partial charge in [-0.25, -0.2) is 4.98 Å². The molecule has 0 spiro atoms. The summed E-state index contributed by atoms with van der Waals surface area (Å²) in [6.07, 6.45) is 1.68. The lowest BCUT2D eigenvalue weighted by molar-refractivity contribution is 0.471. The predicted octanol–water partition coefficient (Wildman–Crippen LogP) is 16.0. The Morgan fingerprint density at radius 3 is 1.76 bits per heavy atom. The van der Waals surface area contributed by atoms with Gasteiger partial charge in [0.25, 0.3) is 0 Å². The molecule has 4 heteroatoms. The standard InChI is InChI=1S/C59H63N3O/c1-37-30-45(58(8,9)10)36-49(54(37)63)55-61-53-47(20-17-21-52(53)62(55)51-27-26-44(57(5,6)7)35-48(51)39-18-15-14-16-19-39)41-31-42(33-46(32-41)59(11,12)13)50-34-40(28-29-60-50)38-22-24-43(25-23-38)56(2,3)4/h14-36,63H,1-13H3/i22D,23D,24D,25D. The van der Waals surface area contributed by atoms with E-state index in [-0.39, 0.29) is 51.7 Å². The van der Waals surface area contributed by atoms with E-state index in [1.807, 2.05) is 39.8 Å². The van der Waals surface area contributed by atoms with Crippen molar-refractivity contribution in [3.05, 3.63) is 167 Å². The van der Waals surface area contributed by atoms with Crippen molar-refractivity contribution in [1.82, 2.24) is 14.5 Å². The summed E-state index contributed by atoms with van der Waals surface area (Å²) in [5.74, 6) is 0.824. The van der Waals surface area contributed by atoms with Gasteiger partial charge in [-0.05, 0) is 127 Å². The van der Waals surface area contributed by atoms with E-state index in [1.54, 1.807) is 12.3 Å². The number of aromatic hydroxyl groups is 1. The maximum Gasteiger partial charge on any atom is 0.149 e. The van der Waals surface area contributed by atoms with Crippen molar-refractivity contribution < 1.29 is 10.6 Å². The molecule has 320 valence electrons. The zero-order chi connectivity index (χ0) is 48.7. The molecule has 0 unspecified atom stereocenters. The highest BCUT2D eigenvalue weighted by Gasteiger charge is 2.27. The van der Waals surface area contributed by atoms with E-state index < -0.39 is 5.41 Å². The Hall–Kier alpha value is -6.26. The van der Waals surface area contributed by atoms with Crippen LogP contribution in [0.15, 0.2) is 140 Å². The quantitative estimate of drug-likeness (QED) is 0.182. The minimum atomic E-state index is -0.568. The van der Waals surface area contributed by atoms with E-state index in [2.05, 4.69) is 158 Å². The number of hydrogen-bond acceptors (Lipinski definition) is 3. The molecule has 2 aromatic heterocycles. The fourth-order valence-corrected chi connectivity index (χ4v) is 8.13. The third-order valence-corrected chi connectivity index (χ3v) is 12.1. The Kier molecular flexibility index (Phi) is 9.65. The third kappa shape index (κ3) is 8.61. The first-order valence-electron chi connectivity index (χ1n) is 24.1. The second-order valence-electron chi connectivity index (χ2n) is 21.2. The summed E-state index contributed by atoms with van der Waals surface area (Å²) in [4.78, 5) is 10.4. The molecule has 63 heavy (non-hydrogen) atoms. The van der Waals surface area contributed by atoms with E-state index in [4.69, 9.17) is 15.5 Å². The van der Waals surface area contributed by atoms with Crippen LogP contribution < -0.4 is 0 Å². The number of pyridine rings is 1. The van der Waals surface area contributed by atoms with Crippen LogP contribution in [-0.4, -0.2) is 19.6 Å². The van der Waals surface area contributed by atoms with Crippen LogP contribution in [0.25, 0.3) is 72.7 Å². The van der Waals surface area contributed by atoms with E-state index in [0.29, 0.717) is 28.2 Å². The lowest BCUT2D eigenvalue weighted by Gasteiger charge is -2.24. The number of fused-ring (bicyclic) bond motifs is 1. The minimum Gasteiger partial charge on any atom is -0.507 e. The van der Waals surface area contributed by atoms with Gasteiger partial charge in [0.1, 0.15) is 11.6 Å². The van der Waals surface area contributed by atoms with E-state index in [1.165, 1.54) is 5.56 Å². The molecule has 0 bridgehead atoms. The van der Waals surface area contributed by atoms with E-state index >= 15 is 0 Å². The maximum atomic E-state index is 12.1. The maximum absolute atomic E-state index is 12.1. The van der Waals surface area contributed by atoms with Gasteiger partial charge in [-0.2, -0.15) is 0 Å². The average Bonchev–Trinajstić information content (AvgIpc) is 3.65. The van der Waals surface area contributed by atoms with Gasteiger partial charge in [-0.3, -0.25) is 9.55 Å². The molecular formula is C59H63N3O. The highest BCUT2D eigenvalue weighted by molar-refractivity contribution is 5.98. The third-order valence-electron chi connectivity index (χ3n) is 12.1. The molecule has 0 saturated heterocycles. The first kappa shape index (κ1) is 38.4. The molecule has 4 nitrogen and oxygen atoms in total. The van der Waals surface area contributed by atoms with E-state index in [0.717, 1.165) is 61.2 Å². The molecule has 8 rings (SSSR count). The van der Waals surface area contributed by atoms with Gasteiger partial charge in [0.2, 0.25) is 0 Å². The number of benzene rings is 6. The molecule has 0 fully saturated rings. The lowest BCUT2D eigenvalue weighted by atomic mass is 9.83. The number of aryl methyl sites for hydroxylation is 1. The number of hydrogen-bond donors (Lipinski definition) is 1. The van der Waals surface area contributed by atoms with Crippen LogP contribution in [0.4, 0.5) is 0 Å². The van der Waals surface area contributed by atoms with Crippen LogP contribution in [0, 0.1) is 6.92 Å². The van der Waals surface area contributed by atoms with Crippen molar-refractivity contribution in [2.45, 2.75) is 112 Å². The molecule has 0 amide bonds. The number of rotatable bonds is 6. The van der Waals surface area contributed by atoms with Gasteiger partial charge < -0.3 is 5.11 Å². The topological polar surface area (TPSA) is 50.9 Å². The molecule has 0 saturated carbocycles. The summed E-state index contributed by atoms with van der Waals surface area (Å²) in [7, 11) is 0. The Morgan fingerprint density at radius 1 is 0.492 bits per heavy atom. The highest BCUT2D eigenvalue weighted by atomic mass is 16.3. The molecule has 0 aliphatic rings. The fraction of sp³-hybridized carbons (Fsp3) is 0.288. The van der Waals surface area contributed by atoms with Crippen molar-refractivity contribution in [1.29, 1.82) is 0 Å². The number of imidazole rings is 1. The van der Waals surface area contributed by atoms with Gasteiger partial charge in [0.15, 0.2) is 0 Å². The Bertz CT molecular complexity index is 3200. The summed E-state index contributed by atoms with van der Waals surface area (Å²) in [5.41, 5.74) is 13.0. The first-order chi connectivity index (χ1) is 31.3. The van der Waals surface area contributed by atoms with Crippen molar-refractivity contribution >= 4 is 11.0 Å². The molecule has 0 aliphatic carbocycles. The SMILES string of the molecule is [2H]c1c([2H])c(C(C)(C)C)c([2H])c([2H])c1-c1ccnc(-c2cc(-c3cccc4c3nc(-c3cc(C(C)(C)C)cc(C)c3O)n4-c3ccc(C(C)(C)C)cc3-c3ccccc3)cc(C(C)(C)C)c2)c1. The predicted molar refractivity (Wildman–Crippen MR) is 267 cm³/mol. The second-order valence-corrected chi connectivity index (χ2v) is 21.2. The van der Waals surface area contributed by atoms with Crippen molar-refractivity contribution in [3.8, 4) is 67.5 Å². The Labute approximate surface area is 381 Å². The zero-order valence-electron chi connectivity index (χ0n) is 43.3. The molecule has 8 aromatic rings. The Balaban J connectivity index is 1.42. The monoisotopic (exact) mass is 834 g/mol. The molecule has 0 atom stereocenters. The Morgan fingerprint density at radius 2 is 1.11 bits per heavy atom. The minimum absolute atomic E-state index is 0.0274. The number of phenols is 1. The smallest absolute Gasteiger partial charge is 0.149 e. The van der Waals surface area contributed by atoms with Crippen LogP contribution in [0.3, 0.4) is 0 Å². The number of aromatic nitrogens is 3. The zero-order valence-corrected chi connectivity index (χ0v) is 39.3.